The minimum atomic E-state index is -1.81. The van der Waals surface area contributed by atoms with E-state index in [1.807, 2.05) is 0 Å². The molecule has 0 amide bonds. The summed E-state index contributed by atoms with van der Waals surface area (Å²) in [4.78, 5) is 44.6. The SMILES string of the molecule is C=CC(=O)OC(OC(=O)C=C)=C(OC(=O)C(=C)C)C(=O)O. The standard InChI is InChI=1S/C13H12O8/c1-5-8(14)19-13(20-9(15)6-2)10(11(16)17)21-12(18)7(3)4/h5-6H,1-3H2,4H3,(H,16,17). The highest BCUT2D eigenvalue weighted by atomic mass is 16.7. The minimum Gasteiger partial charge on any atom is -0.475 e. The van der Waals surface area contributed by atoms with Crippen molar-refractivity contribution in [2.24, 2.45) is 0 Å². The molecule has 0 saturated heterocycles. The molecule has 0 unspecified atom stereocenters. The number of carboxylic acids is 1. The van der Waals surface area contributed by atoms with Crippen molar-refractivity contribution in [3.8, 4) is 0 Å². The Kier molecular flexibility index (Phi) is 6.88. The first-order valence-corrected chi connectivity index (χ1v) is 5.26. The van der Waals surface area contributed by atoms with E-state index in [2.05, 4.69) is 33.9 Å². The first-order chi connectivity index (χ1) is 9.72. The monoisotopic (exact) mass is 296 g/mol. The van der Waals surface area contributed by atoms with Crippen LogP contribution in [0.5, 0.6) is 0 Å². The molecule has 0 aromatic carbocycles. The van der Waals surface area contributed by atoms with Crippen LogP contribution in [0.3, 0.4) is 0 Å². The normalized spacial score (nSPS) is 8.81. The van der Waals surface area contributed by atoms with Crippen LogP contribution in [0.25, 0.3) is 0 Å². The second kappa shape index (κ2) is 8.10. The lowest BCUT2D eigenvalue weighted by molar-refractivity contribution is -0.154. The number of rotatable bonds is 7. The highest BCUT2D eigenvalue weighted by molar-refractivity contribution is 5.94. The summed E-state index contributed by atoms with van der Waals surface area (Å²) in [6.45, 7) is 10.7. The van der Waals surface area contributed by atoms with Gasteiger partial charge in [-0.05, 0) is 6.92 Å². The maximum Gasteiger partial charge on any atom is 0.379 e. The van der Waals surface area contributed by atoms with E-state index < -0.39 is 35.6 Å². The van der Waals surface area contributed by atoms with Gasteiger partial charge in [-0.1, -0.05) is 19.7 Å². The smallest absolute Gasteiger partial charge is 0.379 e. The Bertz CT molecular complexity index is 529. The summed E-state index contributed by atoms with van der Waals surface area (Å²) < 4.78 is 13.3. The third-order valence-corrected chi connectivity index (χ3v) is 1.64. The number of esters is 3. The van der Waals surface area contributed by atoms with Crippen molar-refractivity contribution in [3.63, 3.8) is 0 Å². The molecule has 0 aliphatic carbocycles. The van der Waals surface area contributed by atoms with Crippen LogP contribution in [-0.4, -0.2) is 29.0 Å². The highest BCUT2D eigenvalue weighted by Crippen LogP contribution is 2.14. The Balaban J connectivity index is 5.71. The zero-order valence-corrected chi connectivity index (χ0v) is 11.1. The molecule has 0 radical (unpaired) electrons. The van der Waals surface area contributed by atoms with Gasteiger partial charge in [0.1, 0.15) is 0 Å². The molecule has 112 valence electrons. The van der Waals surface area contributed by atoms with Gasteiger partial charge in [-0.3, -0.25) is 0 Å². The second-order valence-electron chi connectivity index (χ2n) is 3.34. The first-order valence-electron chi connectivity index (χ1n) is 5.26. The summed E-state index contributed by atoms with van der Waals surface area (Å²) in [5.74, 6) is -7.53. The van der Waals surface area contributed by atoms with E-state index in [9.17, 15) is 19.2 Å². The molecular weight excluding hydrogens is 284 g/mol. The summed E-state index contributed by atoms with van der Waals surface area (Å²) in [6.07, 6.45) is 1.36. The molecule has 21 heavy (non-hydrogen) atoms. The first kappa shape index (κ1) is 17.8. The summed E-state index contributed by atoms with van der Waals surface area (Å²) in [5.41, 5.74) is -0.127. The van der Waals surface area contributed by atoms with Crippen LogP contribution in [-0.2, 0) is 33.4 Å². The molecular formula is C13H12O8. The van der Waals surface area contributed by atoms with Crippen molar-refractivity contribution in [3.05, 3.63) is 49.2 Å². The van der Waals surface area contributed by atoms with E-state index in [-0.39, 0.29) is 5.57 Å². The molecule has 0 aliphatic rings. The molecule has 0 aromatic rings. The molecule has 0 aliphatic heterocycles. The van der Waals surface area contributed by atoms with Gasteiger partial charge in [-0.2, -0.15) is 0 Å². The predicted molar refractivity (Wildman–Crippen MR) is 68.1 cm³/mol. The molecule has 8 nitrogen and oxygen atoms in total. The van der Waals surface area contributed by atoms with Crippen LogP contribution in [0.1, 0.15) is 6.92 Å². The lowest BCUT2D eigenvalue weighted by atomic mass is 10.3. The topological polar surface area (TPSA) is 116 Å². The van der Waals surface area contributed by atoms with E-state index in [1.165, 1.54) is 6.92 Å². The third kappa shape index (κ3) is 6.01. The molecule has 0 saturated carbocycles. The van der Waals surface area contributed by atoms with Crippen LogP contribution < -0.4 is 0 Å². The van der Waals surface area contributed by atoms with Gasteiger partial charge in [0.25, 0.3) is 5.76 Å². The van der Waals surface area contributed by atoms with E-state index in [0.717, 1.165) is 0 Å². The summed E-state index contributed by atoms with van der Waals surface area (Å²) in [7, 11) is 0. The summed E-state index contributed by atoms with van der Waals surface area (Å²) in [6, 6.07) is 0. The van der Waals surface area contributed by atoms with E-state index >= 15 is 0 Å². The largest absolute Gasteiger partial charge is 0.475 e. The van der Waals surface area contributed by atoms with Gasteiger partial charge in [0, 0.05) is 17.7 Å². The van der Waals surface area contributed by atoms with E-state index in [0.29, 0.717) is 12.2 Å². The van der Waals surface area contributed by atoms with Gasteiger partial charge < -0.3 is 19.3 Å². The fourth-order valence-corrected chi connectivity index (χ4v) is 0.732. The Labute approximate surface area is 119 Å². The van der Waals surface area contributed by atoms with Crippen LogP contribution in [0.15, 0.2) is 49.2 Å². The Hall–Kier alpha value is -3.16. The van der Waals surface area contributed by atoms with Crippen LogP contribution in [0.2, 0.25) is 0 Å². The minimum absolute atomic E-state index is 0.127. The molecule has 0 atom stereocenters. The van der Waals surface area contributed by atoms with Crippen molar-refractivity contribution in [1.29, 1.82) is 0 Å². The number of carboxylic acid groups (broad SMARTS) is 1. The molecule has 1 N–H and O–H groups in total. The maximum absolute atomic E-state index is 11.3. The molecule has 0 bridgehead atoms. The van der Waals surface area contributed by atoms with Gasteiger partial charge in [-0.15, -0.1) is 0 Å². The van der Waals surface area contributed by atoms with Gasteiger partial charge in [0.2, 0.25) is 0 Å². The molecule has 8 heteroatoms. The van der Waals surface area contributed by atoms with E-state index in [1.54, 1.807) is 0 Å². The van der Waals surface area contributed by atoms with Crippen molar-refractivity contribution >= 4 is 23.9 Å². The molecule has 0 fully saturated rings. The fourth-order valence-electron chi connectivity index (χ4n) is 0.732. The second-order valence-corrected chi connectivity index (χ2v) is 3.34. The van der Waals surface area contributed by atoms with Gasteiger partial charge in [0.15, 0.2) is 0 Å². The van der Waals surface area contributed by atoms with Crippen LogP contribution >= 0.6 is 0 Å². The average molecular weight is 296 g/mol. The van der Waals surface area contributed by atoms with Crippen LogP contribution in [0, 0.1) is 0 Å². The third-order valence-electron chi connectivity index (χ3n) is 1.64. The summed E-state index contributed by atoms with van der Waals surface area (Å²) >= 11 is 0. The Morgan fingerprint density at radius 2 is 1.38 bits per heavy atom. The lowest BCUT2D eigenvalue weighted by Crippen LogP contribution is -2.19. The number of hydrogen-bond acceptors (Lipinski definition) is 7. The van der Waals surface area contributed by atoms with Gasteiger partial charge >= 0.3 is 29.8 Å². The van der Waals surface area contributed by atoms with E-state index in [4.69, 9.17) is 5.11 Å². The zero-order chi connectivity index (χ0) is 16.6. The van der Waals surface area contributed by atoms with Gasteiger partial charge in [-0.25, -0.2) is 19.2 Å². The number of carbonyl (C=O) groups excluding carboxylic acids is 3. The van der Waals surface area contributed by atoms with Crippen molar-refractivity contribution < 1.29 is 38.5 Å². The molecule has 0 rings (SSSR count). The number of hydrogen-bond donors (Lipinski definition) is 1. The molecule has 0 heterocycles. The molecule has 0 spiro atoms. The lowest BCUT2D eigenvalue weighted by Gasteiger charge is -2.10. The maximum atomic E-state index is 11.3. The fraction of sp³-hybridized carbons (Fsp3) is 0.0769. The number of aliphatic carboxylic acids is 1. The summed E-state index contributed by atoms with van der Waals surface area (Å²) in [5, 5.41) is 8.95. The van der Waals surface area contributed by atoms with Gasteiger partial charge in [0.05, 0.1) is 0 Å². The van der Waals surface area contributed by atoms with Crippen LogP contribution in [0.4, 0.5) is 0 Å². The average Bonchev–Trinajstić information content (AvgIpc) is 2.42. The molecule has 0 aromatic heterocycles. The number of ether oxygens (including phenoxy) is 3. The van der Waals surface area contributed by atoms with Crippen molar-refractivity contribution in [2.75, 3.05) is 0 Å². The highest BCUT2D eigenvalue weighted by Gasteiger charge is 2.26. The number of carbonyl (C=O) groups is 4. The Morgan fingerprint density at radius 1 is 0.952 bits per heavy atom. The zero-order valence-electron chi connectivity index (χ0n) is 11.1. The van der Waals surface area contributed by atoms with Crippen molar-refractivity contribution in [2.45, 2.75) is 6.92 Å². The predicted octanol–water partition coefficient (Wildman–Crippen LogP) is 0.818. The quantitative estimate of drug-likeness (QED) is 0.417. The Morgan fingerprint density at radius 3 is 1.67 bits per heavy atom. The van der Waals surface area contributed by atoms with Crippen molar-refractivity contribution in [1.82, 2.24) is 0 Å².